The van der Waals surface area contributed by atoms with Crippen molar-refractivity contribution in [1.82, 2.24) is 9.78 Å². The van der Waals surface area contributed by atoms with Crippen molar-refractivity contribution in [3.05, 3.63) is 16.4 Å². The summed E-state index contributed by atoms with van der Waals surface area (Å²) in [5.74, 6) is -0.865. The summed E-state index contributed by atoms with van der Waals surface area (Å²) in [6.07, 6.45) is -0.0400. The third-order valence-electron chi connectivity index (χ3n) is 1.68. The first-order valence-corrected chi connectivity index (χ1v) is 5.06. The van der Waals surface area contributed by atoms with E-state index in [0.717, 1.165) is 4.60 Å². The van der Waals surface area contributed by atoms with Crippen molar-refractivity contribution in [2.75, 3.05) is 0 Å². The van der Waals surface area contributed by atoms with Gasteiger partial charge in [0.25, 0.3) is 0 Å². The molecule has 0 radical (unpaired) electrons. The van der Waals surface area contributed by atoms with E-state index in [-0.39, 0.29) is 12.0 Å². The molecule has 0 saturated heterocycles. The van der Waals surface area contributed by atoms with Crippen LogP contribution >= 0.6 is 15.9 Å². The van der Waals surface area contributed by atoms with Gasteiger partial charge >= 0.3 is 5.97 Å². The highest BCUT2D eigenvalue weighted by atomic mass is 79.9. The largest absolute Gasteiger partial charge is 0.481 e. The van der Waals surface area contributed by atoms with E-state index in [1.807, 2.05) is 20.8 Å². The molecule has 1 aromatic rings. The Kier molecular flexibility index (Phi) is 2.99. The first kappa shape index (κ1) is 11.2. The molecule has 0 unspecified atom stereocenters. The Labute approximate surface area is 91.1 Å². The fourth-order valence-electron chi connectivity index (χ4n) is 1.12. The molecule has 5 heteroatoms. The molecule has 4 nitrogen and oxygen atoms in total. The summed E-state index contributed by atoms with van der Waals surface area (Å²) in [5, 5.41) is 12.8. The van der Waals surface area contributed by atoms with Crippen molar-refractivity contribution in [2.45, 2.75) is 32.7 Å². The molecule has 0 saturated carbocycles. The topological polar surface area (TPSA) is 55.1 Å². The predicted octanol–water partition coefficient (Wildman–Crippen LogP) is 2.03. The van der Waals surface area contributed by atoms with Crippen LogP contribution in [0.5, 0.6) is 0 Å². The normalized spacial score (nSPS) is 11.7. The zero-order valence-corrected chi connectivity index (χ0v) is 10.00. The summed E-state index contributed by atoms with van der Waals surface area (Å²) in [6, 6.07) is 1.74. The standard InChI is InChI=1S/C9H13BrN2O2/c1-9(2,3)12-7(10)4-6(11-12)5-8(13)14/h4H,5H2,1-3H3,(H,13,14). The number of hydrogen-bond acceptors (Lipinski definition) is 2. The number of carboxylic acid groups (broad SMARTS) is 1. The van der Waals surface area contributed by atoms with Crippen molar-refractivity contribution in [3.8, 4) is 0 Å². The van der Waals surface area contributed by atoms with Crippen LogP contribution in [0, 0.1) is 0 Å². The van der Waals surface area contributed by atoms with E-state index in [1.54, 1.807) is 10.7 Å². The number of aliphatic carboxylic acids is 1. The van der Waals surface area contributed by atoms with Crippen LogP contribution in [0.4, 0.5) is 0 Å². The number of hydrogen-bond donors (Lipinski definition) is 1. The summed E-state index contributed by atoms with van der Waals surface area (Å²) in [6.45, 7) is 6.03. The van der Waals surface area contributed by atoms with Crippen LogP contribution in [0.15, 0.2) is 10.7 Å². The van der Waals surface area contributed by atoms with Crippen LogP contribution in [-0.2, 0) is 16.8 Å². The molecule has 1 aromatic heterocycles. The number of aromatic nitrogens is 2. The second-order valence-corrected chi connectivity index (χ2v) is 4.92. The van der Waals surface area contributed by atoms with Gasteiger partial charge in [-0.3, -0.25) is 9.48 Å². The van der Waals surface area contributed by atoms with Gasteiger partial charge in [-0.1, -0.05) is 0 Å². The number of nitrogens with zero attached hydrogens (tertiary/aromatic N) is 2. The minimum absolute atomic E-state index is 0.0400. The van der Waals surface area contributed by atoms with Crippen molar-refractivity contribution < 1.29 is 9.90 Å². The van der Waals surface area contributed by atoms with Crippen LogP contribution < -0.4 is 0 Å². The summed E-state index contributed by atoms with van der Waals surface area (Å²) in [7, 11) is 0. The molecular weight excluding hydrogens is 248 g/mol. The SMILES string of the molecule is CC(C)(C)n1nc(CC(=O)O)cc1Br. The van der Waals surface area contributed by atoms with Crippen LogP contribution in [0.25, 0.3) is 0 Å². The van der Waals surface area contributed by atoms with E-state index in [0.29, 0.717) is 5.69 Å². The molecule has 1 N–H and O–H groups in total. The molecule has 0 fully saturated rings. The average Bonchev–Trinajstić information content (AvgIpc) is 2.27. The lowest BCUT2D eigenvalue weighted by atomic mass is 10.1. The Morgan fingerprint density at radius 2 is 2.21 bits per heavy atom. The van der Waals surface area contributed by atoms with Crippen molar-refractivity contribution >= 4 is 21.9 Å². The van der Waals surface area contributed by atoms with Gasteiger partial charge in [-0.2, -0.15) is 5.10 Å². The lowest BCUT2D eigenvalue weighted by molar-refractivity contribution is -0.136. The minimum Gasteiger partial charge on any atom is -0.481 e. The summed E-state index contributed by atoms with van der Waals surface area (Å²) >= 11 is 3.35. The van der Waals surface area contributed by atoms with E-state index < -0.39 is 5.97 Å². The lowest BCUT2D eigenvalue weighted by Crippen LogP contribution is -2.23. The van der Waals surface area contributed by atoms with Crippen LogP contribution in [0.3, 0.4) is 0 Å². The van der Waals surface area contributed by atoms with Gasteiger partial charge in [-0.25, -0.2) is 0 Å². The van der Waals surface area contributed by atoms with Gasteiger partial charge in [-0.05, 0) is 42.8 Å². The Bertz CT molecular complexity index is 352. The molecule has 78 valence electrons. The van der Waals surface area contributed by atoms with Gasteiger partial charge in [0.05, 0.1) is 17.7 Å². The van der Waals surface area contributed by atoms with Gasteiger partial charge in [0.15, 0.2) is 0 Å². The first-order chi connectivity index (χ1) is 6.30. The lowest BCUT2D eigenvalue weighted by Gasteiger charge is -2.20. The van der Waals surface area contributed by atoms with Crippen molar-refractivity contribution in [1.29, 1.82) is 0 Å². The molecule has 0 aliphatic carbocycles. The molecule has 1 rings (SSSR count). The highest BCUT2D eigenvalue weighted by Gasteiger charge is 2.18. The van der Waals surface area contributed by atoms with Gasteiger partial charge < -0.3 is 5.11 Å². The van der Waals surface area contributed by atoms with E-state index in [9.17, 15) is 4.79 Å². The summed E-state index contributed by atoms with van der Waals surface area (Å²) in [4.78, 5) is 10.5. The first-order valence-electron chi connectivity index (χ1n) is 4.27. The highest BCUT2D eigenvalue weighted by molar-refractivity contribution is 9.10. The molecule has 0 atom stereocenters. The van der Waals surface area contributed by atoms with Crippen LogP contribution in [0.1, 0.15) is 26.5 Å². The Morgan fingerprint density at radius 1 is 1.64 bits per heavy atom. The van der Waals surface area contributed by atoms with Crippen molar-refractivity contribution in [2.24, 2.45) is 0 Å². The number of rotatable bonds is 2. The van der Waals surface area contributed by atoms with E-state index in [2.05, 4.69) is 21.0 Å². The maximum absolute atomic E-state index is 10.5. The zero-order chi connectivity index (χ0) is 10.9. The maximum atomic E-state index is 10.5. The van der Waals surface area contributed by atoms with Gasteiger partial charge in [0.2, 0.25) is 0 Å². The third kappa shape index (κ3) is 2.57. The van der Waals surface area contributed by atoms with E-state index in [4.69, 9.17) is 5.11 Å². The molecule has 0 bridgehead atoms. The van der Waals surface area contributed by atoms with Gasteiger partial charge in [-0.15, -0.1) is 0 Å². The summed E-state index contributed by atoms with van der Waals surface area (Å²) in [5.41, 5.74) is 0.426. The monoisotopic (exact) mass is 260 g/mol. The fraction of sp³-hybridized carbons (Fsp3) is 0.556. The average molecular weight is 261 g/mol. The Hall–Kier alpha value is -0.840. The molecular formula is C9H13BrN2O2. The molecule has 14 heavy (non-hydrogen) atoms. The highest BCUT2D eigenvalue weighted by Crippen LogP contribution is 2.21. The van der Waals surface area contributed by atoms with Gasteiger partial charge in [0.1, 0.15) is 4.60 Å². The Morgan fingerprint density at radius 3 is 2.57 bits per heavy atom. The molecule has 0 amide bonds. The van der Waals surface area contributed by atoms with Crippen molar-refractivity contribution in [3.63, 3.8) is 0 Å². The molecule has 0 aliphatic heterocycles. The summed E-state index contributed by atoms with van der Waals surface area (Å²) < 4.78 is 2.58. The second kappa shape index (κ2) is 3.73. The van der Waals surface area contributed by atoms with Gasteiger partial charge in [0, 0.05) is 0 Å². The number of carbonyl (C=O) groups is 1. The minimum atomic E-state index is -0.865. The Balaban J connectivity index is 2.99. The second-order valence-electron chi connectivity index (χ2n) is 4.11. The third-order valence-corrected chi connectivity index (χ3v) is 2.25. The fourth-order valence-corrected chi connectivity index (χ4v) is 1.99. The molecule has 0 aliphatic rings. The van der Waals surface area contributed by atoms with E-state index >= 15 is 0 Å². The van der Waals surface area contributed by atoms with Crippen LogP contribution in [-0.4, -0.2) is 20.9 Å². The zero-order valence-electron chi connectivity index (χ0n) is 8.41. The molecule has 0 aromatic carbocycles. The number of halogens is 1. The molecule has 1 heterocycles. The quantitative estimate of drug-likeness (QED) is 0.886. The maximum Gasteiger partial charge on any atom is 0.309 e. The number of carboxylic acids is 1. The molecule has 0 spiro atoms. The predicted molar refractivity (Wildman–Crippen MR) is 56.3 cm³/mol. The smallest absolute Gasteiger partial charge is 0.309 e. The van der Waals surface area contributed by atoms with Crippen LogP contribution in [0.2, 0.25) is 0 Å². The van der Waals surface area contributed by atoms with E-state index in [1.165, 1.54) is 0 Å².